The number of hydrogen-bond acceptors (Lipinski definition) is 11. The zero-order valence-corrected chi connectivity index (χ0v) is 35.6. The molecule has 3 amide bonds. The van der Waals surface area contributed by atoms with Crippen LogP contribution < -0.4 is 40.2 Å². The predicted octanol–water partition coefficient (Wildman–Crippen LogP) is 7.80. The van der Waals surface area contributed by atoms with Gasteiger partial charge < -0.3 is 40.0 Å². The molecule has 4 aromatic carbocycles. The first-order valence-electron chi connectivity index (χ1n) is 18.7. The smallest absolute Gasteiger partial charge is 0.324 e. The molecule has 0 spiro atoms. The van der Waals surface area contributed by atoms with Crippen LogP contribution in [0.2, 0.25) is 0 Å². The molecule has 1 aromatic heterocycles. The fourth-order valence-electron chi connectivity index (χ4n) is 6.46. The van der Waals surface area contributed by atoms with Crippen LogP contribution in [0.3, 0.4) is 0 Å². The topological polar surface area (TPSA) is 201 Å². The lowest BCUT2D eigenvalue weighted by Crippen LogP contribution is -2.32. The SMILES string of the molecule is COc1cc(Nc2cc(Oc3ccc(N(C(N)=O)c4cc(C(C)(C)C)cc(NS(C)(=O)=O)c4OC)c4ccccc34)ccn2)ccc1C(=O)NCCCN1C=C[S+]([O-])C=C1. The van der Waals surface area contributed by atoms with Crippen LogP contribution in [0.5, 0.6) is 23.0 Å². The van der Waals surface area contributed by atoms with E-state index in [-0.39, 0.29) is 23.0 Å². The third-order valence-electron chi connectivity index (χ3n) is 9.33. The molecule has 0 saturated carbocycles. The molecular weight excluding hydrogens is 807 g/mol. The van der Waals surface area contributed by atoms with Crippen molar-refractivity contribution >= 4 is 72.5 Å². The molecular formula is C43H47N7O8S2. The Bertz CT molecular complexity index is 2560. The van der Waals surface area contributed by atoms with Crippen molar-refractivity contribution in [2.75, 3.05) is 48.5 Å². The molecule has 6 rings (SSSR count). The van der Waals surface area contributed by atoms with E-state index in [1.54, 1.807) is 84.0 Å². The van der Waals surface area contributed by atoms with E-state index in [1.807, 2.05) is 49.9 Å². The van der Waals surface area contributed by atoms with Crippen LogP contribution in [-0.4, -0.2) is 68.4 Å². The number of nitrogens with one attached hydrogen (secondary N) is 3. The Hall–Kier alpha value is -6.43. The van der Waals surface area contributed by atoms with Crippen LogP contribution in [0.4, 0.5) is 33.4 Å². The Morgan fingerprint density at radius 2 is 1.65 bits per heavy atom. The fraction of sp³-hybridized carbons (Fsp3) is 0.233. The molecule has 60 heavy (non-hydrogen) atoms. The van der Waals surface area contributed by atoms with E-state index in [9.17, 15) is 22.6 Å². The van der Waals surface area contributed by atoms with Crippen LogP contribution in [-0.2, 0) is 26.6 Å². The van der Waals surface area contributed by atoms with Crippen LogP contribution in [0.1, 0.15) is 43.1 Å². The quantitative estimate of drug-likeness (QED) is 0.0592. The summed E-state index contributed by atoms with van der Waals surface area (Å²) in [6.07, 6.45) is 6.83. The minimum Gasteiger partial charge on any atom is -0.607 e. The Balaban J connectivity index is 1.23. The predicted molar refractivity (Wildman–Crippen MR) is 236 cm³/mol. The van der Waals surface area contributed by atoms with Crippen LogP contribution in [0.25, 0.3) is 10.8 Å². The third-order valence-corrected chi connectivity index (χ3v) is 10.7. The number of nitrogens with two attached hydrogens (primary N) is 1. The number of rotatable bonds is 15. The van der Waals surface area contributed by atoms with E-state index in [1.165, 1.54) is 19.1 Å². The summed E-state index contributed by atoms with van der Waals surface area (Å²) in [6.45, 7) is 7.00. The van der Waals surface area contributed by atoms with Crippen molar-refractivity contribution in [3.63, 3.8) is 0 Å². The maximum Gasteiger partial charge on any atom is 0.324 e. The molecule has 15 nitrogen and oxygen atoms in total. The van der Waals surface area contributed by atoms with E-state index < -0.39 is 32.6 Å². The van der Waals surface area contributed by atoms with E-state index in [4.69, 9.17) is 19.9 Å². The largest absolute Gasteiger partial charge is 0.607 e. The Morgan fingerprint density at radius 1 is 0.917 bits per heavy atom. The zero-order chi connectivity index (χ0) is 43.2. The summed E-state index contributed by atoms with van der Waals surface area (Å²) >= 11 is -1.08. The van der Waals surface area contributed by atoms with Gasteiger partial charge in [0.1, 0.15) is 33.9 Å². The van der Waals surface area contributed by atoms with Crippen molar-refractivity contribution < 1.29 is 36.8 Å². The molecule has 0 radical (unpaired) electrons. The number of carbonyl (C=O) groups is 2. The number of primary amides is 1. The normalized spacial score (nSPS) is 12.9. The summed E-state index contributed by atoms with van der Waals surface area (Å²) in [4.78, 5) is 34.1. The van der Waals surface area contributed by atoms with Gasteiger partial charge in [-0.1, -0.05) is 45.0 Å². The average molecular weight is 854 g/mol. The highest BCUT2D eigenvalue weighted by atomic mass is 32.2. The number of aromatic nitrogens is 1. The second kappa shape index (κ2) is 18.2. The minimum absolute atomic E-state index is 0.112. The second-order valence-corrected chi connectivity index (χ2v) is 17.7. The standard InChI is InChI=1S/C43H47N7O8S2/c1-43(2,3)28-24-34(48-60(6,54)55)40(57-5)36(25-28)50(42(44)52)35-14-15-37(32-11-8-7-10-31(32)35)58-30-16-18-45-39(27-30)47-29-12-13-33(38(26-29)56-4)41(51)46-17-9-19-49-20-22-59(53)23-21-49/h7-8,10-16,18,20-27,48H,9,17,19H2,1-6H3,(H2,44,52)(H,45,47)(H,46,51). The highest BCUT2D eigenvalue weighted by Crippen LogP contribution is 2.46. The van der Waals surface area contributed by atoms with Crippen molar-refractivity contribution in [2.24, 2.45) is 5.73 Å². The Morgan fingerprint density at radius 3 is 2.32 bits per heavy atom. The number of amides is 3. The van der Waals surface area contributed by atoms with Gasteiger partial charge in [0, 0.05) is 59.1 Å². The number of carbonyl (C=O) groups excluding carboxylic acids is 2. The van der Waals surface area contributed by atoms with Gasteiger partial charge in [-0.05, 0) is 59.9 Å². The van der Waals surface area contributed by atoms with Gasteiger partial charge in [0.15, 0.2) is 5.75 Å². The molecule has 0 aliphatic carbocycles. The number of hydrogen-bond donors (Lipinski definition) is 4. The fourth-order valence-corrected chi connectivity index (χ4v) is 7.66. The Labute approximate surface area is 352 Å². The molecule has 0 unspecified atom stereocenters. The van der Waals surface area contributed by atoms with Crippen molar-refractivity contribution in [1.29, 1.82) is 0 Å². The van der Waals surface area contributed by atoms with E-state index in [2.05, 4.69) is 20.3 Å². The maximum absolute atomic E-state index is 13.4. The number of pyridine rings is 1. The second-order valence-electron chi connectivity index (χ2n) is 14.8. The number of urea groups is 1. The first kappa shape index (κ1) is 43.2. The van der Waals surface area contributed by atoms with Gasteiger partial charge in [-0.15, -0.1) is 0 Å². The van der Waals surface area contributed by atoms with Gasteiger partial charge >= 0.3 is 6.03 Å². The molecule has 1 aliphatic heterocycles. The number of fused-ring (bicyclic) bond motifs is 1. The lowest BCUT2D eigenvalue weighted by molar-refractivity contribution is 0.0949. The van der Waals surface area contributed by atoms with Crippen molar-refractivity contribution in [3.8, 4) is 23.0 Å². The summed E-state index contributed by atoms with van der Waals surface area (Å²) in [5.74, 6) is 1.60. The van der Waals surface area contributed by atoms with Crippen LogP contribution in [0, 0.1) is 0 Å². The minimum atomic E-state index is -3.73. The maximum atomic E-state index is 13.4. The number of benzene rings is 4. The lowest BCUT2D eigenvalue weighted by Gasteiger charge is -2.29. The van der Waals surface area contributed by atoms with Gasteiger partial charge in [-0.2, -0.15) is 0 Å². The van der Waals surface area contributed by atoms with Gasteiger partial charge in [-0.3, -0.25) is 14.4 Å². The van der Waals surface area contributed by atoms with E-state index >= 15 is 0 Å². The molecule has 0 bridgehead atoms. The molecule has 17 heteroatoms. The number of sulfonamides is 1. The highest BCUT2D eigenvalue weighted by molar-refractivity contribution is 7.97. The summed E-state index contributed by atoms with van der Waals surface area (Å²) in [6, 6.07) is 21.9. The van der Waals surface area contributed by atoms with Crippen molar-refractivity contribution in [3.05, 3.63) is 119 Å². The van der Waals surface area contributed by atoms with Crippen LogP contribution in [0.15, 0.2) is 108 Å². The third kappa shape index (κ3) is 10.4. The highest BCUT2D eigenvalue weighted by Gasteiger charge is 2.28. The molecule has 1 aliphatic rings. The van der Waals surface area contributed by atoms with E-state index in [0.29, 0.717) is 70.3 Å². The van der Waals surface area contributed by atoms with Gasteiger partial charge in [0.25, 0.3) is 5.91 Å². The van der Waals surface area contributed by atoms with Crippen molar-refractivity contribution in [1.82, 2.24) is 15.2 Å². The van der Waals surface area contributed by atoms with Crippen molar-refractivity contribution in [2.45, 2.75) is 32.6 Å². The molecule has 0 atom stereocenters. The molecule has 2 heterocycles. The monoisotopic (exact) mass is 853 g/mol. The molecule has 314 valence electrons. The summed E-state index contributed by atoms with van der Waals surface area (Å²) < 4.78 is 56.5. The summed E-state index contributed by atoms with van der Waals surface area (Å²) in [7, 11) is -0.842. The molecule has 5 aromatic rings. The summed E-state index contributed by atoms with van der Waals surface area (Å²) in [5, 5.41) is 10.7. The van der Waals surface area contributed by atoms with E-state index in [0.717, 1.165) is 11.8 Å². The number of nitrogens with zero attached hydrogens (tertiary/aromatic N) is 3. The summed E-state index contributed by atoms with van der Waals surface area (Å²) in [5.41, 5.74) is 8.19. The van der Waals surface area contributed by atoms with Gasteiger partial charge in [0.05, 0.1) is 55.5 Å². The first-order chi connectivity index (χ1) is 28.5. The first-order valence-corrected chi connectivity index (χ1v) is 21.9. The molecule has 5 N–H and O–H groups in total. The average Bonchev–Trinajstić information content (AvgIpc) is 3.20. The zero-order valence-electron chi connectivity index (χ0n) is 34.0. The lowest BCUT2D eigenvalue weighted by atomic mass is 9.86. The molecule has 0 fully saturated rings. The van der Waals surface area contributed by atoms with Crippen LogP contribution >= 0.6 is 0 Å². The Kier molecular flexibility index (Phi) is 13.1. The number of anilines is 5. The molecule has 0 saturated heterocycles. The number of ether oxygens (including phenoxy) is 3. The van der Waals surface area contributed by atoms with Gasteiger partial charge in [-0.25, -0.2) is 18.2 Å². The number of methoxy groups -OCH3 is 2. The van der Waals surface area contributed by atoms with Gasteiger partial charge in [0.2, 0.25) is 10.0 Å².